The van der Waals surface area contributed by atoms with Gasteiger partial charge in [0.1, 0.15) is 5.56 Å². The van der Waals surface area contributed by atoms with Crippen molar-refractivity contribution in [2.24, 2.45) is 0 Å². The number of H-pyrrole nitrogens is 1. The average Bonchev–Trinajstić information content (AvgIpc) is 3.08. The van der Waals surface area contributed by atoms with Crippen LogP contribution in [0.25, 0.3) is 5.95 Å². The zero-order chi connectivity index (χ0) is 15.4. The van der Waals surface area contributed by atoms with E-state index in [4.69, 9.17) is 0 Å². The third-order valence-electron chi connectivity index (χ3n) is 3.05. The topological polar surface area (TPSA) is 92.7 Å². The van der Waals surface area contributed by atoms with E-state index in [2.05, 4.69) is 20.4 Å². The lowest BCUT2D eigenvalue weighted by Crippen LogP contribution is -2.30. The smallest absolute Gasteiger partial charge is 0.265 e. The van der Waals surface area contributed by atoms with Gasteiger partial charge < -0.3 is 5.32 Å². The number of benzene rings is 1. The lowest BCUT2D eigenvalue weighted by atomic mass is 10.2. The molecule has 2 heterocycles. The van der Waals surface area contributed by atoms with Crippen LogP contribution in [0.2, 0.25) is 0 Å². The van der Waals surface area contributed by atoms with Crippen LogP contribution in [0.1, 0.15) is 15.9 Å². The van der Waals surface area contributed by atoms with Crippen molar-refractivity contribution in [3.8, 4) is 5.95 Å². The number of amides is 1. The molecule has 0 atom stereocenters. The summed E-state index contributed by atoms with van der Waals surface area (Å²) in [5, 5.41) is 6.65. The SMILES string of the molecule is O=C(NCc1ccccc1)c1cnc(-n2cccn2)[nH]c1=O. The molecule has 2 N–H and O–H groups in total. The summed E-state index contributed by atoms with van der Waals surface area (Å²) in [6, 6.07) is 11.2. The van der Waals surface area contributed by atoms with Gasteiger partial charge in [-0.2, -0.15) is 5.10 Å². The van der Waals surface area contributed by atoms with Gasteiger partial charge in [-0.1, -0.05) is 30.3 Å². The zero-order valence-electron chi connectivity index (χ0n) is 11.6. The lowest BCUT2D eigenvalue weighted by Gasteiger charge is -2.05. The second-order valence-electron chi connectivity index (χ2n) is 4.57. The van der Waals surface area contributed by atoms with Crippen molar-refractivity contribution in [2.75, 3.05) is 0 Å². The van der Waals surface area contributed by atoms with Gasteiger partial charge in [-0.25, -0.2) is 9.67 Å². The highest BCUT2D eigenvalue weighted by atomic mass is 16.2. The van der Waals surface area contributed by atoms with Gasteiger partial charge in [0.15, 0.2) is 0 Å². The number of carbonyl (C=O) groups is 1. The second-order valence-corrected chi connectivity index (χ2v) is 4.57. The van der Waals surface area contributed by atoms with Crippen LogP contribution in [0.5, 0.6) is 0 Å². The molecule has 0 aliphatic heterocycles. The molecule has 22 heavy (non-hydrogen) atoms. The Balaban J connectivity index is 1.74. The average molecular weight is 295 g/mol. The van der Waals surface area contributed by atoms with Crippen LogP contribution in [0.3, 0.4) is 0 Å². The molecule has 7 heteroatoms. The van der Waals surface area contributed by atoms with E-state index in [0.29, 0.717) is 6.54 Å². The molecule has 110 valence electrons. The molecule has 0 aliphatic carbocycles. The Morgan fingerprint density at radius 1 is 1.23 bits per heavy atom. The summed E-state index contributed by atoms with van der Waals surface area (Å²) in [5.74, 6) is -0.209. The van der Waals surface area contributed by atoms with Crippen molar-refractivity contribution in [3.63, 3.8) is 0 Å². The minimum atomic E-state index is -0.508. The Kier molecular flexibility index (Phi) is 3.78. The van der Waals surface area contributed by atoms with Gasteiger partial charge in [0.05, 0.1) is 0 Å². The number of nitrogens with zero attached hydrogens (tertiary/aromatic N) is 3. The number of aromatic nitrogens is 4. The number of carbonyl (C=O) groups excluding carboxylic acids is 1. The first-order chi connectivity index (χ1) is 10.7. The van der Waals surface area contributed by atoms with Crippen molar-refractivity contribution < 1.29 is 4.79 Å². The molecule has 0 spiro atoms. The number of aromatic amines is 1. The Hall–Kier alpha value is -3.22. The van der Waals surface area contributed by atoms with Crippen LogP contribution < -0.4 is 10.9 Å². The van der Waals surface area contributed by atoms with Crippen LogP contribution in [0.4, 0.5) is 0 Å². The van der Waals surface area contributed by atoms with Crippen LogP contribution in [-0.2, 0) is 6.54 Å². The van der Waals surface area contributed by atoms with E-state index in [0.717, 1.165) is 5.56 Å². The van der Waals surface area contributed by atoms with E-state index in [1.807, 2.05) is 30.3 Å². The first-order valence-corrected chi connectivity index (χ1v) is 6.65. The molecule has 2 aromatic heterocycles. The van der Waals surface area contributed by atoms with Crippen molar-refractivity contribution in [1.29, 1.82) is 0 Å². The maximum Gasteiger partial charge on any atom is 0.265 e. The molecule has 0 aliphatic rings. The van der Waals surface area contributed by atoms with Gasteiger partial charge in [-0.3, -0.25) is 14.6 Å². The number of hydrogen-bond acceptors (Lipinski definition) is 4. The number of hydrogen-bond donors (Lipinski definition) is 2. The maximum absolute atomic E-state index is 12.0. The second kappa shape index (κ2) is 6.04. The van der Waals surface area contributed by atoms with E-state index in [1.54, 1.807) is 18.5 Å². The zero-order valence-corrected chi connectivity index (χ0v) is 11.6. The molecule has 1 aromatic carbocycles. The normalized spacial score (nSPS) is 10.4. The van der Waals surface area contributed by atoms with E-state index >= 15 is 0 Å². The fraction of sp³-hybridized carbons (Fsp3) is 0.0667. The van der Waals surface area contributed by atoms with Gasteiger partial charge in [-0.15, -0.1) is 0 Å². The molecule has 0 saturated carbocycles. The molecule has 0 radical (unpaired) electrons. The van der Waals surface area contributed by atoms with Crippen molar-refractivity contribution in [3.05, 3.63) is 76.5 Å². The third kappa shape index (κ3) is 2.93. The summed E-state index contributed by atoms with van der Waals surface area (Å²) in [4.78, 5) is 30.6. The third-order valence-corrected chi connectivity index (χ3v) is 3.05. The van der Waals surface area contributed by atoms with E-state index in [-0.39, 0.29) is 11.5 Å². The van der Waals surface area contributed by atoms with Crippen molar-refractivity contribution in [2.45, 2.75) is 6.54 Å². The minimum Gasteiger partial charge on any atom is -0.348 e. The molecule has 3 aromatic rings. The predicted octanol–water partition coefficient (Wildman–Crippen LogP) is 0.886. The fourth-order valence-corrected chi connectivity index (χ4v) is 1.93. The quantitative estimate of drug-likeness (QED) is 0.747. The van der Waals surface area contributed by atoms with E-state index < -0.39 is 11.5 Å². The van der Waals surface area contributed by atoms with E-state index in [9.17, 15) is 9.59 Å². The van der Waals surface area contributed by atoms with Crippen LogP contribution in [0.15, 0.2) is 59.8 Å². The highest BCUT2D eigenvalue weighted by Crippen LogP contribution is 1.99. The summed E-state index contributed by atoms with van der Waals surface area (Å²) >= 11 is 0. The summed E-state index contributed by atoms with van der Waals surface area (Å²) in [6.07, 6.45) is 4.46. The Morgan fingerprint density at radius 3 is 2.73 bits per heavy atom. The predicted molar refractivity (Wildman–Crippen MR) is 79.6 cm³/mol. The molecular weight excluding hydrogens is 282 g/mol. The van der Waals surface area contributed by atoms with Gasteiger partial charge in [0.2, 0.25) is 5.95 Å². The van der Waals surface area contributed by atoms with Crippen molar-refractivity contribution in [1.82, 2.24) is 25.1 Å². The summed E-state index contributed by atoms with van der Waals surface area (Å²) in [5.41, 5.74) is 0.409. The molecule has 0 unspecified atom stereocenters. The van der Waals surface area contributed by atoms with Crippen LogP contribution in [0, 0.1) is 0 Å². The molecule has 7 nitrogen and oxygen atoms in total. The van der Waals surface area contributed by atoms with Gasteiger partial charge in [-0.05, 0) is 11.6 Å². The molecule has 3 rings (SSSR count). The minimum absolute atomic E-state index is 0.0353. The Morgan fingerprint density at radius 2 is 2.05 bits per heavy atom. The first-order valence-electron chi connectivity index (χ1n) is 6.65. The summed E-state index contributed by atoms with van der Waals surface area (Å²) in [6.45, 7) is 0.347. The Bertz CT molecular complexity index is 825. The first kappa shape index (κ1) is 13.7. The summed E-state index contributed by atoms with van der Waals surface area (Å²) in [7, 11) is 0. The monoisotopic (exact) mass is 295 g/mol. The Labute approximate surface area is 125 Å². The van der Waals surface area contributed by atoms with Crippen LogP contribution >= 0.6 is 0 Å². The van der Waals surface area contributed by atoms with Gasteiger partial charge in [0, 0.05) is 25.1 Å². The largest absolute Gasteiger partial charge is 0.348 e. The molecular formula is C15H13N5O2. The van der Waals surface area contributed by atoms with Gasteiger partial charge in [0.25, 0.3) is 11.5 Å². The lowest BCUT2D eigenvalue weighted by molar-refractivity contribution is 0.0949. The molecule has 0 bridgehead atoms. The highest BCUT2D eigenvalue weighted by Gasteiger charge is 2.12. The standard InChI is InChI=1S/C15H13N5O2/c21-13(16-9-11-5-2-1-3-6-11)12-10-17-15(19-14(12)22)20-8-4-7-18-20/h1-8,10H,9H2,(H,16,21)(H,17,19,22). The molecule has 0 saturated heterocycles. The summed E-state index contributed by atoms with van der Waals surface area (Å²) < 4.78 is 1.41. The number of rotatable bonds is 4. The van der Waals surface area contributed by atoms with E-state index in [1.165, 1.54) is 10.9 Å². The number of nitrogens with one attached hydrogen (secondary N) is 2. The highest BCUT2D eigenvalue weighted by molar-refractivity contribution is 5.93. The maximum atomic E-state index is 12.0. The fourth-order valence-electron chi connectivity index (χ4n) is 1.93. The molecule has 0 fully saturated rings. The van der Waals surface area contributed by atoms with Gasteiger partial charge >= 0.3 is 0 Å². The van der Waals surface area contributed by atoms with Crippen molar-refractivity contribution >= 4 is 5.91 Å². The molecule has 1 amide bonds. The van der Waals surface area contributed by atoms with Crippen LogP contribution in [-0.4, -0.2) is 25.7 Å².